The summed E-state index contributed by atoms with van der Waals surface area (Å²) in [5, 5.41) is 4.10. The van der Waals surface area contributed by atoms with E-state index in [0.29, 0.717) is 12.1 Å². The summed E-state index contributed by atoms with van der Waals surface area (Å²) in [6.45, 7) is 2.31. The summed E-state index contributed by atoms with van der Waals surface area (Å²) in [5.74, 6) is -0.678. The van der Waals surface area contributed by atoms with Crippen LogP contribution in [0, 0.1) is 0 Å². The van der Waals surface area contributed by atoms with Gasteiger partial charge in [0.05, 0.1) is 24.7 Å². The molecular formula is C22H19NO4S. The van der Waals surface area contributed by atoms with E-state index in [1.807, 2.05) is 30.3 Å². The van der Waals surface area contributed by atoms with Crippen LogP contribution in [-0.4, -0.2) is 23.6 Å². The summed E-state index contributed by atoms with van der Waals surface area (Å²) in [4.78, 5) is 24.6. The first-order chi connectivity index (χ1) is 13.6. The van der Waals surface area contributed by atoms with E-state index >= 15 is 0 Å². The van der Waals surface area contributed by atoms with E-state index in [0.717, 1.165) is 27.4 Å². The fraction of sp³-hybridized carbons (Fsp3) is 0.182. The number of aromatic nitrogens is 1. The zero-order valence-electron chi connectivity index (χ0n) is 15.6. The number of rotatable bonds is 5. The third-order valence-electron chi connectivity index (χ3n) is 4.72. The molecule has 28 heavy (non-hydrogen) atoms. The summed E-state index contributed by atoms with van der Waals surface area (Å²) in [7, 11) is 1.38. The van der Waals surface area contributed by atoms with E-state index < -0.39 is 0 Å². The monoisotopic (exact) mass is 393 g/mol. The first-order valence-electron chi connectivity index (χ1n) is 8.86. The molecule has 2 heterocycles. The highest BCUT2D eigenvalue weighted by atomic mass is 32.1. The molecular weight excluding hydrogens is 374 g/mol. The number of carbonyl (C=O) groups is 2. The maximum atomic E-state index is 12.1. The smallest absolute Gasteiger partial charge is 0.337 e. The van der Waals surface area contributed by atoms with Crippen molar-refractivity contribution in [3.63, 3.8) is 0 Å². The van der Waals surface area contributed by atoms with E-state index in [4.69, 9.17) is 9.47 Å². The third kappa shape index (κ3) is 3.27. The topological polar surface area (TPSA) is 57.5 Å². The van der Waals surface area contributed by atoms with Gasteiger partial charge in [-0.15, -0.1) is 11.3 Å². The van der Waals surface area contributed by atoms with Gasteiger partial charge in [-0.25, -0.2) is 4.79 Å². The molecule has 0 aliphatic rings. The van der Waals surface area contributed by atoms with E-state index in [-0.39, 0.29) is 18.5 Å². The Morgan fingerprint density at radius 1 is 1.07 bits per heavy atom. The van der Waals surface area contributed by atoms with Gasteiger partial charge in [0.2, 0.25) is 0 Å². The Hall–Kier alpha value is -3.12. The number of hydrogen-bond donors (Lipinski definition) is 0. The molecule has 0 N–H and O–H groups in total. The van der Waals surface area contributed by atoms with Crippen LogP contribution in [0.15, 0.2) is 53.9 Å². The zero-order chi connectivity index (χ0) is 19.7. The minimum atomic E-state index is -0.366. The highest BCUT2D eigenvalue weighted by Crippen LogP contribution is 2.34. The molecule has 2 aromatic heterocycles. The predicted octanol–water partition coefficient (Wildman–Crippen LogP) is 4.75. The highest BCUT2D eigenvalue weighted by Gasteiger charge is 2.17. The molecule has 2 aromatic carbocycles. The Morgan fingerprint density at radius 2 is 1.93 bits per heavy atom. The van der Waals surface area contributed by atoms with Crippen molar-refractivity contribution in [1.29, 1.82) is 0 Å². The number of esters is 2. The van der Waals surface area contributed by atoms with Crippen molar-refractivity contribution in [1.82, 2.24) is 4.57 Å². The number of nitrogens with zero attached hydrogens (tertiary/aromatic N) is 1. The second-order valence-corrected chi connectivity index (χ2v) is 7.51. The summed E-state index contributed by atoms with van der Waals surface area (Å²) in [5.41, 5.74) is 3.43. The van der Waals surface area contributed by atoms with Crippen molar-refractivity contribution in [2.24, 2.45) is 0 Å². The van der Waals surface area contributed by atoms with Crippen LogP contribution in [0.2, 0.25) is 0 Å². The molecule has 0 aliphatic heterocycles. The molecule has 0 atom stereocenters. The SMILES string of the molecule is COC(=O)c1ccc2c3c(COC(C)=O)cccc3n(Cc3cccs3)c2c1. The van der Waals surface area contributed by atoms with E-state index in [9.17, 15) is 9.59 Å². The molecule has 0 amide bonds. The molecule has 0 radical (unpaired) electrons. The van der Waals surface area contributed by atoms with Crippen molar-refractivity contribution in [2.45, 2.75) is 20.1 Å². The largest absolute Gasteiger partial charge is 0.465 e. The van der Waals surface area contributed by atoms with Gasteiger partial charge in [0.15, 0.2) is 0 Å². The molecule has 0 bridgehead atoms. The number of carbonyl (C=O) groups excluding carboxylic acids is 2. The lowest BCUT2D eigenvalue weighted by Gasteiger charge is -2.08. The zero-order valence-corrected chi connectivity index (χ0v) is 16.4. The number of thiophene rings is 1. The lowest BCUT2D eigenvalue weighted by atomic mass is 10.1. The maximum Gasteiger partial charge on any atom is 0.337 e. The van der Waals surface area contributed by atoms with Crippen molar-refractivity contribution in [3.8, 4) is 0 Å². The summed E-state index contributed by atoms with van der Waals surface area (Å²) in [6, 6.07) is 15.7. The molecule has 5 nitrogen and oxygen atoms in total. The van der Waals surface area contributed by atoms with Gasteiger partial charge in [0.25, 0.3) is 0 Å². The molecule has 0 fully saturated rings. The van der Waals surface area contributed by atoms with Crippen LogP contribution in [0.4, 0.5) is 0 Å². The first-order valence-corrected chi connectivity index (χ1v) is 9.74. The fourth-order valence-corrected chi connectivity index (χ4v) is 4.18. The van der Waals surface area contributed by atoms with Crippen molar-refractivity contribution < 1.29 is 19.1 Å². The van der Waals surface area contributed by atoms with E-state index in [1.165, 1.54) is 18.9 Å². The molecule has 0 saturated heterocycles. The van der Waals surface area contributed by atoms with Crippen LogP contribution in [0.1, 0.15) is 27.7 Å². The summed E-state index contributed by atoms with van der Waals surface area (Å²) >= 11 is 1.69. The van der Waals surface area contributed by atoms with Crippen molar-refractivity contribution in [2.75, 3.05) is 7.11 Å². The van der Waals surface area contributed by atoms with Gasteiger partial charge in [-0.1, -0.05) is 24.3 Å². The van der Waals surface area contributed by atoms with Crippen LogP contribution in [0.3, 0.4) is 0 Å². The van der Waals surface area contributed by atoms with Crippen LogP contribution in [0.5, 0.6) is 0 Å². The fourth-order valence-electron chi connectivity index (χ4n) is 3.49. The van der Waals surface area contributed by atoms with Gasteiger partial charge < -0.3 is 14.0 Å². The summed E-state index contributed by atoms with van der Waals surface area (Å²) < 4.78 is 12.3. The Bertz CT molecular complexity index is 1170. The van der Waals surface area contributed by atoms with Gasteiger partial charge >= 0.3 is 11.9 Å². The molecule has 4 aromatic rings. The van der Waals surface area contributed by atoms with Crippen molar-refractivity contribution in [3.05, 3.63) is 69.9 Å². The van der Waals surface area contributed by atoms with Crippen LogP contribution in [0.25, 0.3) is 21.8 Å². The Balaban J connectivity index is 1.97. The Morgan fingerprint density at radius 3 is 2.64 bits per heavy atom. The van der Waals surface area contributed by atoms with Gasteiger partial charge in [-0.05, 0) is 35.2 Å². The van der Waals surface area contributed by atoms with E-state index in [1.54, 1.807) is 17.4 Å². The lowest BCUT2D eigenvalue weighted by Crippen LogP contribution is -2.02. The first kappa shape index (κ1) is 18.3. The number of benzene rings is 2. The molecule has 4 rings (SSSR count). The van der Waals surface area contributed by atoms with E-state index in [2.05, 4.69) is 22.1 Å². The second-order valence-electron chi connectivity index (χ2n) is 6.48. The molecule has 0 spiro atoms. The summed E-state index contributed by atoms with van der Waals surface area (Å²) in [6.07, 6.45) is 0. The van der Waals surface area contributed by atoms with Crippen LogP contribution >= 0.6 is 11.3 Å². The normalized spacial score (nSPS) is 11.1. The molecule has 0 saturated carbocycles. The van der Waals surface area contributed by atoms with Gasteiger partial charge in [0, 0.05) is 28.1 Å². The minimum absolute atomic E-state index is 0.212. The van der Waals surface area contributed by atoms with Crippen molar-refractivity contribution >= 4 is 45.1 Å². The number of methoxy groups -OCH3 is 1. The van der Waals surface area contributed by atoms with Gasteiger partial charge in [-0.3, -0.25) is 4.79 Å². The number of hydrogen-bond acceptors (Lipinski definition) is 5. The maximum absolute atomic E-state index is 12.1. The van der Waals surface area contributed by atoms with Gasteiger partial charge in [0.1, 0.15) is 6.61 Å². The number of ether oxygens (including phenoxy) is 2. The predicted molar refractivity (Wildman–Crippen MR) is 110 cm³/mol. The van der Waals surface area contributed by atoms with Gasteiger partial charge in [-0.2, -0.15) is 0 Å². The quantitative estimate of drug-likeness (QED) is 0.459. The van der Waals surface area contributed by atoms with Crippen LogP contribution in [-0.2, 0) is 27.4 Å². The average molecular weight is 393 g/mol. The second kappa shape index (κ2) is 7.48. The highest BCUT2D eigenvalue weighted by molar-refractivity contribution is 7.09. The molecule has 142 valence electrons. The molecule has 0 unspecified atom stereocenters. The molecule has 6 heteroatoms. The standard InChI is InChI=1S/C22H19NO4S/c1-14(24)27-13-16-5-3-7-19-21(16)18-9-8-15(22(25)26-2)11-20(18)23(19)12-17-6-4-10-28-17/h3-11H,12-13H2,1-2H3. The minimum Gasteiger partial charge on any atom is -0.465 e. The van der Waals surface area contributed by atoms with Crippen LogP contribution < -0.4 is 0 Å². The Labute approximate surface area is 166 Å². The number of fused-ring (bicyclic) bond motifs is 3. The average Bonchev–Trinajstić information content (AvgIpc) is 3.32. The third-order valence-corrected chi connectivity index (χ3v) is 5.58. The Kier molecular flexibility index (Phi) is 4.88. The lowest BCUT2D eigenvalue weighted by molar-refractivity contribution is -0.142. The molecule has 0 aliphatic carbocycles.